The van der Waals surface area contributed by atoms with Crippen LogP contribution in [0, 0.1) is 11.8 Å². The third-order valence-electron chi connectivity index (χ3n) is 4.82. The Kier molecular flexibility index (Phi) is 5.32. The molecule has 1 aromatic rings. The van der Waals surface area contributed by atoms with Gasteiger partial charge < -0.3 is 10.2 Å². The van der Waals surface area contributed by atoms with Gasteiger partial charge in [-0.15, -0.1) is 11.3 Å². The van der Waals surface area contributed by atoms with Crippen LogP contribution in [0.5, 0.6) is 0 Å². The van der Waals surface area contributed by atoms with Crippen LogP contribution in [0.15, 0.2) is 10.4 Å². The Hall–Kier alpha value is -1.31. The molecule has 2 heterocycles. The summed E-state index contributed by atoms with van der Waals surface area (Å²) in [5.74, 6) is 2.27. The number of nitrogens with zero attached hydrogens (tertiary/aromatic N) is 3. The number of aromatic nitrogens is 1. The molecule has 0 radical (unpaired) electrons. The Labute approximate surface area is 144 Å². The number of thiazole rings is 1. The van der Waals surface area contributed by atoms with Crippen LogP contribution in [0.3, 0.4) is 0 Å². The normalized spacial score (nSPS) is 25.0. The van der Waals surface area contributed by atoms with E-state index in [0.29, 0.717) is 5.01 Å². The highest BCUT2D eigenvalue weighted by atomic mass is 32.1. The van der Waals surface area contributed by atoms with Crippen molar-refractivity contribution in [2.24, 2.45) is 16.8 Å². The maximum Gasteiger partial charge on any atom is 0.434 e. The fraction of sp³-hybridized carbons (Fsp3) is 0.750. The van der Waals surface area contributed by atoms with Gasteiger partial charge in [0, 0.05) is 25.0 Å². The molecule has 1 aliphatic heterocycles. The summed E-state index contributed by atoms with van der Waals surface area (Å²) >= 11 is 1.01. The van der Waals surface area contributed by atoms with E-state index in [-0.39, 0.29) is 6.54 Å². The summed E-state index contributed by atoms with van der Waals surface area (Å²) in [4.78, 5) is 10.4. The Bertz CT molecular complexity index is 570. The Morgan fingerprint density at radius 2 is 2.00 bits per heavy atom. The summed E-state index contributed by atoms with van der Waals surface area (Å²) in [5.41, 5.74) is -0.824. The first kappa shape index (κ1) is 17.5. The molecule has 1 saturated heterocycles. The lowest BCUT2D eigenvalue weighted by molar-refractivity contribution is -0.140. The van der Waals surface area contributed by atoms with Gasteiger partial charge in [-0.2, -0.15) is 13.2 Å². The molecule has 2 aliphatic rings. The highest BCUT2D eigenvalue weighted by molar-refractivity contribution is 7.09. The van der Waals surface area contributed by atoms with Crippen LogP contribution in [-0.4, -0.2) is 35.5 Å². The van der Waals surface area contributed by atoms with Crippen LogP contribution in [0.4, 0.5) is 13.2 Å². The minimum absolute atomic E-state index is 0.189. The lowest BCUT2D eigenvalue weighted by Crippen LogP contribution is -2.40. The van der Waals surface area contributed by atoms with Gasteiger partial charge in [0.15, 0.2) is 11.7 Å². The predicted octanol–water partition coefficient (Wildman–Crippen LogP) is 3.75. The smallest absolute Gasteiger partial charge is 0.357 e. The average Bonchev–Trinajstić information content (AvgIpc) is 3.17. The number of fused-ring (bicyclic) bond motifs is 1. The third kappa shape index (κ3) is 4.02. The largest absolute Gasteiger partial charge is 0.434 e. The van der Waals surface area contributed by atoms with Gasteiger partial charge in [-0.25, -0.2) is 9.98 Å². The second kappa shape index (κ2) is 7.29. The topological polar surface area (TPSA) is 40.5 Å². The van der Waals surface area contributed by atoms with E-state index in [2.05, 4.69) is 20.2 Å². The standard InChI is InChI=1S/C16H23F3N4S/c1-2-20-15(23-8-11-5-3-4-6-12(11)9-23)21-7-14-22-13(10-24-14)16(17,18)19/h10-12H,2-9H2,1H3,(H,20,21). The maximum absolute atomic E-state index is 12.6. The summed E-state index contributed by atoms with van der Waals surface area (Å²) < 4.78 is 37.9. The Morgan fingerprint density at radius 1 is 1.33 bits per heavy atom. The van der Waals surface area contributed by atoms with Crippen molar-refractivity contribution in [2.45, 2.75) is 45.3 Å². The minimum atomic E-state index is -4.38. The summed E-state index contributed by atoms with van der Waals surface area (Å²) in [6.45, 7) is 4.94. The number of guanidine groups is 1. The van der Waals surface area contributed by atoms with Gasteiger partial charge in [0.1, 0.15) is 5.01 Å². The van der Waals surface area contributed by atoms with Crippen LogP contribution < -0.4 is 5.32 Å². The number of likely N-dealkylation sites (tertiary alicyclic amines) is 1. The lowest BCUT2D eigenvalue weighted by atomic mass is 9.82. The van der Waals surface area contributed by atoms with Crippen LogP contribution in [-0.2, 0) is 12.7 Å². The van der Waals surface area contributed by atoms with E-state index in [0.717, 1.165) is 54.1 Å². The van der Waals surface area contributed by atoms with Gasteiger partial charge >= 0.3 is 6.18 Å². The minimum Gasteiger partial charge on any atom is -0.357 e. The van der Waals surface area contributed by atoms with E-state index in [9.17, 15) is 13.2 Å². The second-order valence-electron chi connectivity index (χ2n) is 6.50. The van der Waals surface area contributed by atoms with E-state index in [1.165, 1.54) is 25.7 Å². The summed E-state index contributed by atoms with van der Waals surface area (Å²) in [7, 11) is 0. The summed E-state index contributed by atoms with van der Waals surface area (Å²) in [6.07, 6.45) is 0.793. The predicted molar refractivity (Wildman–Crippen MR) is 89.0 cm³/mol. The molecule has 0 spiro atoms. The number of hydrogen-bond donors (Lipinski definition) is 1. The number of alkyl halides is 3. The van der Waals surface area contributed by atoms with Gasteiger partial charge in [-0.3, -0.25) is 0 Å². The first-order chi connectivity index (χ1) is 11.5. The highest BCUT2D eigenvalue weighted by Gasteiger charge is 2.36. The molecular formula is C16H23F3N4S. The third-order valence-corrected chi connectivity index (χ3v) is 5.65. The van der Waals surface area contributed by atoms with Crippen molar-refractivity contribution in [1.29, 1.82) is 0 Å². The van der Waals surface area contributed by atoms with Gasteiger partial charge in [0.05, 0.1) is 6.54 Å². The first-order valence-corrected chi connectivity index (χ1v) is 9.40. The zero-order valence-corrected chi connectivity index (χ0v) is 14.6. The Balaban J connectivity index is 1.67. The molecule has 2 unspecified atom stereocenters. The van der Waals surface area contributed by atoms with Crippen molar-refractivity contribution in [1.82, 2.24) is 15.2 Å². The molecule has 1 aromatic heterocycles. The molecule has 1 saturated carbocycles. The zero-order valence-electron chi connectivity index (χ0n) is 13.8. The number of halogens is 3. The molecule has 0 amide bonds. The number of nitrogens with one attached hydrogen (secondary N) is 1. The van der Waals surface area contributed by atoms with Crippen molar-refractivity contribution in [3.63, 3.8) is 0 Å². The van der Waals surface area contributed by atoms with Crippen LogP contribution in [0.2, 0.25) is 0 Å². The fourth-order valence-corrected chi connectivity index (χ4v) is 4.38. The van der Waals surface area contributed by atoms with Gasteiger partial charge in [-0.1, -0.05) is 12.8 Å². The molecule has 2 atom stereocenters. The highest BCUT2D eigenvalue weighted by Crippen LogP contribution is 2.36. The molecule has 2 fully saturated rings. The van der Waals surface area contributed by atoms with E-state index in [4.69, 9.17) is 0 Å². The van der Waals surface area contributed by atoms with Crippen molar-refractivity contribution in [2.75, 3.05) is 19.6 Å². The van der Waals surface area contributed by atoms with Crippen LogP contribution >= 0.6 is 11.3 Å². The van der Waals surface area contributed by atoms with E-state index >= 15 is 0 Å². The number of rotatable bonds is 3. The quantitative estimate of drug-likeness (QED) is 0.659. The van der Waals surface area contributed by atoms with Crippen molar-refractivity contribution in [3.8, 4) is 0 Å². The van der Waals surface area contributed by atoms with Gasteiger partial charge in [-0.05, 0) is 31.6 Å². The van der Waals surface area contributed by atoms with Gasteiger partial charge in [0.25, 0.3) is 0 Å². The second-order valence-corrected chi connectivity index (χ2v) is 7.45. The SMILES string of the molecule is CCNC(=NCc1nc(C(F)(F)F)cs1)N1CC2CCCCC2C1. The van der Waals surface area contributed by atoms with Crippen LogP contribution in [0.1, 0.15) is 43.3 Å². The molecule has 1 N–H and O–H groups in total. The van der Waals surface area contributed by atoms with Crippen molar-refractivity contribution < 1.29 is 13.2 Å². The molecule has 24 heavy (non-hydrogen) atoms. The van der Waals surface area contributed by atoms with E-state index in [1.54, 1.807) is 0 Å². The average molecular weight is 360 g/mol. The van der Waals surface area contributed by atoms with E-state index < -0.39 is 11.9 Å². The van der Waals surface area contributed by atoms with E-state index in [1.807, 2.05) is 6.92 Å². The summed E-state index contributed by atoms with van der Waals surface area (Å²) in [6, 6.07) is 0. The van der Waals surface area contributed by atoms with Crippen LogP contribution in [0.25, 0.3) is 0 Å². The molecule has 0 bridgehead atoms. The molecular weight excluding hydrogens is 337 g/mol. The fourth-order valence-electron chi connectivity index (χ4n) is 3.66. The molecule has 4 nitrogen and oxygen atoms in total. The number of hydrogen-bond acceptors (Lipinski definition) is 3. The molecule has 134 valence electrons. The summed E-state index contributed by atoms with van der Waals surface area (Å²) in [5, 5.41) is 4.73. The maximum atomic E-state index is 12.6. The molecule has 8 heteroatoms. The monoisotopic (exact) mass is 360 g/mol. The molecule has 1 aliphatic carbocycles. The zero-order chi connectivity index (χ0) is 17.2. The van der Waals surface area contributed by atoms with Gasteiger partial charge in [0.2, 0.25) is 0 Å². The van der Waals surface area contributed by atoms with Crippen molar-refractivity contribution >= 4 is 17.3 Å². The number of aliphatic imine (C=N–C) groups is 1. The van der Waals surface area contributed by atoms with Crippen molar-refractivity contribution in [3.05, 3.63) is 16.1 Å². The molecule has 0 aromatic carbocycles. The molecule has 3 rings (SSSR count). The Morgan fingerprint density at radius 3 is 2.54 bits per heavy atom. The first-order valence-electron chi connectivity index (χ1n) is 8.52. The lowest BCUT2D eigenvalue weighted by Gasteiger charge is -2.22.